The second kappa shape index (κ2) is 6.17. The number of fused-ring (bicyclic) bond motifs is 2. The highest BCUT2D eigenvalue weighted by atomic mass is 16.3. The van der Waals surface area contributed by atoms with Crippen molar-refractivity contribution in [2.45, 2.75) is 0 Å². The van der Waals surface area contributed by atoms with Crippen molar-refractivity contribution in [1.82, 2.24) is 25.1 Å². The number of aromatic nitrogens is 5. The van der Waals surface area contributed by atoms with Crippen molar-refractivity contribution >= 4 is 21.8 Å². The molecule has 6 aromatic rings. The number of aromatic amines is 2. The lowest BCUT2D eigenvalue weighted by molar-refractivity contribution is 0.568. The van der Waals surface area contributed by atoms with E-state index < -0.39 is 0 Å². The van der Waals surface area contributed by atoms with Crippen LogP contribution in [0.25, 0.3) is 55.6 Å². The summed E-state index contributed by atoms with van der Waals surface area (Å²) in [4.78, 5) is 12.3. The van der Waals surface area contributed by atoms with E-state index in [4.69, 9.17) is 4.42 Å². The van der Waals surface area contributed by atoms with Crippen LogP contribution in [-0.2, 0) is 0 Å². The first-order valence-corrected chi connectivity index (χ1v) is 9.26. The zero-order valence-corrected chi connectivity index (χ0v) is 15.3. The number of pyridine rings is 2. The summed E-state index contributed by atoms with van der Waals surface area (Å²) in [6, 6.07) is 16.2. The van der Waals surface area contributed by atoms with Crippen LogP contribution >= 0.6 is 0 Å². The minimum Gasteiger partial charge on any atom is -0.472 e. The number of hydrogen-bond acceptors (Lipinski definition) is 4. The molecule has 0 fully saturated rings. The summed E-state index contributed by atoms with van der Waals surface area (Å²) >= 11 is 0. The van der Waals surface area contributed by atoms with Crippen LogP contribution in [0.4, 0.5) is 0 Å². The molecular weight excluding hydrogens is 362 g/mol. The number of benzene rings is 1. The van der Waals surface area contributed by atoms with Crippen LogP contribution in [0, 0.1) is 0 Å². The molecule has 0 unspecified atom stereocenters. The fourth-order valence-corrected chi connectivity index (χ4v) is 3.74. The monoisotopic (exact) mass is 377 g/mol. The maximum atomic E-state index is 5.25. The molecule has 6 nitrogen and oxygen atoms in total. The predicted molar refractivity (Wildman–Crippen MR) is 112 cm³/mol. The van der Waals surface area contributed by atoms with Gasteiger partial charge in [0.2, 0.25) is 0 Å². The Balaban J connectivity index is 1.53. The number of H-pyrrole nitrogens is 2. The molecule has 1 aromatic carbocycles. The Morgan fingerprint density at radius 1 is 0.862 bits per heavy atom. The number of hydrogen-bond donors (Lipinski definition) is 2. The van der Waals surface area contributed by atoms with Gasteiger partial charge in [-0.25, -0.2) is 0 Å². The van der Waals surface area contributed by atoms with E-state index in [2.05, 4.69) is 43.3 Å². The molecule has 5 aromatic heterocycles. The van der Waals surface area contributed by atoms with Gasteiger partial charge in [0.15, 0.2) is 0 Å². The molecule has 0 aliphatic rings. The maximum Gasteiger partial charge on any atom is 0.116 e. The van der Waals surface area contributed by atoms with Gasteiger partial charge in [-0.05, 0) is 36.4 Å². The molecule has 0 bridgehead atoms. The first-order chi connectivity index (χ1) is 14.4. The van der Waals surface area contributed by atoms with Gasteiger partial charge < -0.3 is 9.40 Å². The molecule has 0 saturated carbocycles. The van der Waals surface area contributed by atoms with Gasteiger partial charge in [-0.2, -0.15) is 5.10 Å². The van der Waals surface area contributed by atoms with Crippen LogP contribution in [0.15, 0.2) is 84.1 Å². The van der Waals surface area contributed by atoms with Gasteiger partial charge in [0.25, 0.3) is 0 Å². The SMILES string of the molecule is c1ccc(-c2ccc3[nH]nc(-c4cc5c(-c6ccoc6)cncc5[nH]4)c3c2)nc1. The van der Waals surface area contributed by atoms with Gasteiger partial charge >= 0.3 is 0 Å². The summed E-state index contributed by atoms with van der Waals surface area (Å²) in [5.41, 5.74) is 7.74. The molecule has 0 saturated heterocycles. The van der Waals surface area contributed by atoms with Crippen LogP contribution in [-0.4, -0.2) is 25.1 Å². The van der Waals surface area contributed by atoms with Crippen LogP contribution in [0.1, 0.15) is 0 Å². The Kier molecular flexibility index (Phi) is 3.37. The molecule has 0 amide bonds. The van der Waals surface area contributed by atoms with Crippen LogP contribution < -0.4 is 0 Å². The van der Waals surface area contributed by atoms with Crippen LogP contribution in [0.2, 0.25) is 0 Å². The lowest BCUT2D eigenvalue weighted by Crippen LogP contribution is -1.82. The third-order valence-corrected chi connectivity index (χ3v) is 5.16. The maximum absolute atomic E-state index is 5.25. The molecule has 138 valence electrons. The van der Waals surface area contributed by atoms with Gasteiger partial charge in [0.1, 0.15) is 5.69 Å². The third-order valence-electron chi connectivity index (χ3n) is 5.16. The molecular formula is C23H15N5O. The van der Waals surface area contributed by atoms with Crippen molar-refractivity contribution in [3.63, 3.8) is 0 Å². The molecule has 0 aliphatic heterocycles. The Morgan fingerprint density at radius 2 is 1.86 bits per heavy atom. The molecule has 29 heavy (non-hydrogen) atoms. The molecule has 0 spiro atoms. The van der Waals surface area contributed by atoms with Crippen molar-refractivity contribution in [3.05, 3.63) is 79.6 Å². The highest BCUT2D eigenvalue weighted by Gasteiger charge is 2.15. The number of furan rings is 1. The van der Waals surface area contributed by atoms with E-state index in [-0.39, 0.29) is 0 Å². The molecule has 5 heterocycles. The highest BCUT2D eigenvalue weighted by molar-refractivity contribution is 6.01. The Hall–Kier alpha value is -4.19. The second-order valence-corrected chi connectivity index (χ2v) is 6.89. The molecule has 2 N–H and O–H groups in total. The Morgan fingerprint density at radius 3 is 2.72 bits per heavy atom. The largest absolute Gasteiger partial charge is 0.472 e. The summed E-state index contributed by atoms with van der Waals surface area (Å²) in [6.45, 7) is 0. The van der Waals surface area contributed by atoms with Gasteiger partial charge in [0.05, 0.1) is 41.1 Å². The number of rotatable bonds is 3. The molecule has 6 heteroatoms. The van der Waals surface area contributed by atoms with Gasteiger partial charge in [-0.3, -0.25) is 15.1 Å². The Bertz CT molecular complexity index is 1450. The fraction of sp³-hybridized carbons (Fsp3) is 0. The van der Waals surface area contributed by atoms with Crippen molar-refractivity contribution < 1.29 is 4.42 Å². The zero-order chi connectivity index (χ0) is 19.2. The molecule has 0 radical (unpaired) electrons. The fourth-order valence-electron chi connectivity index (χ4n) is 3.74. The predicted octanol–water partition coefficient (Wildman–Crippen LogP) is 5.43. The molecule has 0 atom stereocenters. The van der Waals surface area contributed by atoms with Crippen molar-refractivity contribution in [1.29, 1.82) is 0 Å². The summed E-state index contributed by atoms with van der Waals surface area (Å²) in [5.74, 6) is 0. The van der Waals surface area contributed by atoms with E-state index in [1.807, 2.05) is 42.7 Å². The lowest BCUT2D eigenvalue weighted by atomic mass is 10.1. The molecule has 6 rings (SSSR count). The van der Waals surface area contributed by atoms with Gasteiger partial charge in [-0.1, -0.05) is 12.1 Å². The topological polar surface area (TPSA) is 83.4 Å². The van der Waals surface area contributed by atoms with Gasteiger partial charge in [0, 0.05) is 39.9 Å². The van der Waals surface area contributed by atoms with Crippen LogP contribution in [0.3, 0.4) is 0 Å². The van der Waals surface area contributed by atoms with Gasteiger partial charge in [-0.15, -0.1) is 0 Å². The third kappa shape index (κ3) is 2.54. The summed E-state index contributed by atoms with van der Waals surface area (Å²) in [5, 5.41) is 9.82. The number of nitrogens with one attached hydrogen (secondary N) is 2. The first-order valence-electron chi connectivity index (χ1n) is 9.26. The van der Waals surface area contributed by atoms with Crippen molar-refractivity contribution in [2.24, 2.45) is 0 Å². The highest BCUT2D eigenvalue weighted by Crippen LogP contribution is 2.34. The van der Waals surface area contributed by atoms with Crippen molar-refractivity contribution in [3.8, 4) is 33.8 Å². The Labute approximate surface area is 165 Å². The van der Waals surface area contributed by atoms with E-state index >= 15 is 0 Å². The standard InChI is InChI=1S/C23H15N5O/c1-2-7-25-19(3-1)14-4-5-20-17(9-14)23(28-27-20)21-10-16-18(15-6-8-29-13-15)11-24-12-22(16)26-21/h1-13,26H,(H,27,28). The molecule has 0 aliphatic carbocycles. The number of nitrogens with zero attached hydrogens (tertiary/aromatic N) is 3. The normalized spacial score (nSPS) is 11.4. The summed E-state index contributed by atoms with van der Waals surface area (Å²) in [6.07, 6.45) is 8.88. The minimum atomic E-state index is 0.868. The van der Waals surface area contributed by atoms with E-state index in [1.165, 1.54) is 0 Å². The van der Waals surface area contributed by atoms with E-state index in [0.717, 1.165) is 55.6 Å². The lowest BCUT2D eigenvalue weighted by Gasteiger charge is -2.01. The average molecular weight is 377 g/mol. The van der Waals surface area contributed by atoms with E-state index in [1.54, 1.807) is 18.7 Å². The van der Waals surface area contributed by atoms with Crippen molar-refractivity contribution in [2.75, 3.05) is 0 Å². The van der Waals surface area contributed by atoms with E-state index in [0.29, 0.717) is 0 Å². The van der Waals surface area contributed by atoms with Crippen LogP contribution in [0.5, 0.6) is 0 Å². The average Bonchev–Trinajstić information content (AvgIpc) is 3.52. The summed E-state index contributed by atoms with van der Waals surface area (Å²) < 4.78 is 5.25. The minimum absolute atomic E-state index is 0.868. The second-order valence-electron chi connectivity index (χ2n) is 6.89. The first kappa shape index (κ1) is 15.8. The zero-order valence-electron chi connectivity index (χ0n) is 15.3. The quantitative estimate of drug-likeness (QED) is 0.431. The smallest absolute Gasteiger partial charge is 0.116 e. The van der Waals surface area contributed by atoms with E-state index in [9.17, 15) is 0 Å². The summed E-state index contributed by atoms with van der Waals surface area (Å²) in [7, 11) is 0.